The molecule has 1 atom stereocenters. The summed E-state index contributed by atoms with van der Waals surface area (Å²) in [5.74, 6) is 0.0317. The first-order valence-electron chi connectivity index (χ1n) is 8.77. The van der Waals surface area contributed by atoms with E-state index in [4.69, 9.17) is 0 Å². The van der Waals surface area contributed by atoms with Crippen LogP contribution in [0.2, 0.25) is 0 Å². The Morgan fingerprint density at radius 3 is 2.35 bits per heavy atom. The zero-order valence-electron chi connectivity index (χ0n) is 15.8. The van der Waals surface area contributed by atoms with Crippen molar-refractivity contribution >= 4 is 35.0 Å². The second kappa shape index (κ2) is 9.43. The van der Waals surface area contributed by atoms with Crippen LogP contribution in [0, 0.1) is 13.8 Å². The average molecular weight is 371 g/mol. The van der Waals surface area contributed by atoms with Gasteiger partial charge in [-0.3, -0.25) is 9.59 Å². The van der Waals surface area contributed by atoms with E-state index in [9.17, 15) is 9.59 Å². The van der Waals surface area contributed by atoms with E-state index in [1.807, 2.05) is 63.2 Å². The summed E-state index contributed by atoms with van der Waals surface area (Å²) in [6.07, 6.45) is 0.969. The zero-order valence-corrected chi connectivity index (χ0v) is 16.6. The molecule has 2 amide bonds. The Balaban J connectivity index is 1.81. The molecule has 0 spiro atoms. The minimum absolute atomic E-state index is 0.0953. The van der Waals surface area contributed by atoms with E-state index in [0.717, 1.165) is 28.9 Å². The van der Waals surface area contributed by atoms with E-state index < -0.39 is 0 Å². The molecule has 5 heteroatoms. The molecule has 138 valence electrons. The van der Waals surface area contributed by atoms with E-state index in [1.165, 1.54) is 17.3 Å². The number of aryl methyl sites for hydroxylation is 3. The van der Waals surface area contributed by atoms with Crippen LogP contribution in [0.1, 0.15) is 30.5 Å². The van der Waals surface area contributed by atoms with Crippen LogP contribution in [0.5, 0.6) is 0 Å². The predicted molar refractivity (Wildman–Crippen MR) is 111 cm³/mol. The standard InChI is InChI=1S/C21H26N2O2S/c1-5-17-7-9-18(10-8-17)22-20(24)13-26-16(4)21(25)23-19-11-6-14(2)12-15(19)3/h6-12,16H,5,13H2,1-4H3,(H,22,24)(H,23,25). The van der Waals surface area contributed by atoms with Crippen molar-refractivity contribution in [1.29, 1.82) is 0 Å². The number of carbonyl (C=O) groups is 2. The van der Waals surface area contributed by atoms with Crippen LogP contribution in [-0.4, -0.2) is 22.8 Å². The molecule has 0 aliphatic carbocycles. The fourth-order valence-corrected chi connectivity index (χ4v) is 3.17. The lowest BCUT2D eigenvalue weighted by Crippen LogP contribution is -2.25. The Morgan fingerprint density at radius 1 is 1.04 bits per heavy atom. The van der Waals surface area contributed by atoms with Crippen molar-refractivity contribution in [1.82, 2.24) is 0 Å². The summed E-state index contributed by atoms with van der Waals surface area (Å²) < 4.78 is 0. The Labute approximate surface area is 159 Å². The Bertz CT molecular complexity index is 772. The molecule has 2 aromatic rings. The highest BCUT2D eigenvalue weighted by Crippen LogP contribution is 2.19. The third-order valence-electron chi connectivity index (χ3n) is 4.12. The molecule has 0 radical (unpaired) electrons. The number of benzene rings is 2. The third kappa shape index (κ3) is 5.92. The first-order chi connectivity index (χ1) is 12.4. The topological polar surface area (TPSA) is 58.2 Å². The van der Waals surface area contributed by atoms with Crippen molar-refractivity contribution in [2.24, 2.45) is 0 Å². The summed E-state index contributed by atoms with van der Waals surface area (Å²) in [6, 6.07) is 13.7. The number of nitrogens with one attached hydrogen (secondary N) is 2. The van der Waals surface area contributed by atoms with Gasteiger partial charge >= 0.3 is 0 Å². The number of carbonyl (C=O) groups excluding carboxylic acids is 2. The molecule has 0 aliphatic rings. The molecule has 4 nitrogen and oxygen atoms in total. The van der Waals surface area contributed by atoms with Gasteiger partial charge in [-0.05, 0) is 56.5 Å². The van der Waals surface area contributed by atoms with E-state index in [1.54, 1.807) is 0 Å². The molecule has 0 bridgehead atoms. The Kier molecular flexibility index (Phi) is 7.27. The fourth-order valence-electron chi connectivity index (χ4n) is 2.49. The van der Waals surface area contributed by atoms with E-state index in [2.05, 4.69) is 17.6 Å². The van der Waals surface area contributed by atoms with Crippen LogP contribution in [0.4, 0.5) is 11.4 Å². The minimum atomic E-state index is -0.316. The highest BCUT2D eigenvalue weighted by Gasteiger charge is 2.16. The van der Waals surface area contributed by atoms with Crippen LogP contribution >= 0.6 is 11.8 Å². The first-order valence-corrected chi connectivity index (χ1v) is 9.82. The van der Waals surface area contributed by atoms with Crippen LogP contribution in [0.3, 0.4) is 0 Å². The van der Waals surface area contributed by atoms with E-state index >= 15 is 0 Å². The molecule has 2 N–H and O–H groups in total. The molecule has 1 unspecified atom stereocenters. The van der Waals surface area contributed by atoms with Gasteiger partial charge in [0.1, 0.15) is 0 Å². The lowest BCUT2D eigenvalue weighted by Gasteiger charge is -2.14. The molecule has 0 saturated heterocycles. The number of thioether (sulfide) groups is 1. The van der Waals surface area contributed by atoms with Gasteiger partial charge in [-0.15, -0.1) is 11.8 Å². The maximum absolute atomic E-state index is 12.3. The van der Waals surface area contributed by atoms with Crippen molar-refractivity contribution < 1.29 is 9.59 Å². The SMILES string of the molecule is CCc1ccc(NC(=O)CSC(C)C(=O)Nc2ccc(C)cc2C)cc1. The third-order valence-corrected chi connectivity index (χ3v) is 5.26. The normalized spacial score (nSPS) is 11.7. The van der Waals surface area contributed by atoms with Crippen LogP contribution < -0.4 is 10.6 Å². The number of hydrogen-bond donors (Lipinski definition) is 2. The van der Waals surface area contributed by atoms with Crippen molar-refractivity contribution in [3.63, 3.8) is 0 Å². The summed E-state index contributed by atoms with van der Waals surface area (Å²) in [5, 5.41) is 5.48. The summed E-state index contributed by atoms with van der Waals surface area (Å²) in [4.78, 5) is 24.4. The van der Waals surface area contributed by atoms with Gasteiger partial charge in [0.25, 0.3) is 0 Å². The van der Waals surface area contributed by atoms with Crippen LogP contribution in [-0.2, 0) is 16.0 Å². The molecular formula is C21H26N2O2S. The average Bonchev–Trinajstić information content (AvgIpc) is 2.62. The smallest absolute Gasteiger partial charge is 0.237 e. The predicted octanol–water partition coefficient (Wildman–Crippen LogP) is 4.56. The molecule has 26 heavy (non-hydrogen) atoms. The van der Waals surface area contributed by atoms with Gasteiger partial charge in [0, 0.05) is 11.4 Å². The maximum Gasteiger partial charge on any atom is 0.237 e. The maximum atomic E-state index is 12.3. The zero-order chi connectivity index (χ0) is 19.1. The molecule has 0 saturated carbocycles. The molecule has 0 aromatic heterocycles. The highest BCUT2D eigenvalue weighted by molar-refractivity contribution is 8.01. The molecule has 2 aromatic carbocycles. The van der Waals surface area contributed by atoms with Gasteiger partial charge in [0.05, 0.1) is 11.0 Å². The van der Waals surface area contributed by atoms with Crippen LogP contribution in [0.25, 0.3) is 0 Å². The van der Waals surface area contributed by atoms with Gasteiger partial charge in [-0.2, -0.15) is 0 Å². The van der Waals surface area contributed by atoms with Gasteiger partial charge in [0.15, 0.2) is 0 Å². The van der Waals surface area contributed by atoms with Gasteiger partial charge < -0.3 is 10.6 Å². The molecule has 0 aliphatic heterocycles. The second-order valence-electron chi connectivity index (χ2n) is 6.36. The molecular weight excluding hydrogens is 344 g/mol. The van der Waals surface area contributed by atoms with Gasteiger partial charge in [-0.1, -0.05) is 36.8 Å². The van der Waals surface area contributed by atoms with Crippen molar-refractivity contribution in [2.75, 3.05) is 16.4 Å². The quantitative estimate of drug-likeness (QED) is 0.751. The Hall–Kier alpha value is -2.27. The van der Waals surface area contributed by atoms with Crippen molar-refractivity contribution in [3.05, 3.63) is 59.2 Å². The number of rotatable bonds is 7. The fraction of sp³-hybridized carbons (Fsp3) is 0.333. The Morgan fingerprint density at radius 2 is 1.73 bits per heavy atom. The lowest BCUT2D eigenvalue weighted by molar-refractivity contribution is -0.115. The summed E-state index contributed by atoms with van der Waals surface area (Å²) in [7, 11) is 0. The van der Waals surface area contributed by atoms with Crippen molar-refractivity contribution in [2.45, 2.75) is 39.4 Å². The van der Waals surface area contributed by atoms with E-state index in [0.29, 0.717) is 0 Å². The molecule has 0 fully saturated rings. The number of anilines is 2. The van der Waals surface area contributed by atoms with Crippen LogP contribution in [0.15, 0.2) is 42.5 Å². The van der Waals surface area contributed by atoms with Gasteiger partial charge in [-0.25, -0.2) is 0 Å². The van der Waals surface area contributed by atoms with Gasteiger partial charge in [0.2, 0.25) is 11.8 Å². The second-order valence-corrected chi connectivity index (χ2v) is 7.69. The first kappa shape index (κ1) is 20.0. The highest BCUT2D eigenvalue weighted by atomic mass is 32.2. The van der Waals surface area contributed by atoms with Crippen molar-refractivity contribution in [3.8, 4) is 0 Å². The number of amides is 2. The van der Waals surface area contributed by atoms with E-state index in [-0.39, 0.29) is 22.8 Å². The minimum Gasteiger partial charge on any atom is -0.325 e. The molecule has 2 rings (SSSR count). The monoisotopic (exact) mass is 370 g/mol. The lowest BCUT2D eigenvalue weighted by atomic mass is 10.1. The molecule has 0 heterocycles. The summed E-state index contributed by atoms with van der Waals surface area (Å²) in [5.41, 5.74) is 5.01. The summed E-state index contributed by atoms with van der Waals surface area (Å²) >= 11 is 1.32. The summed E-state index contributed by atoms with van der Waals surface area (Å²) in [6.45, 7) is 7.89. The largest absolute Gasteiger partial charge is 0.325 e. The number of hydrogen-bond acceptors (Lipinski definition) is 3.